The highest BCUT2D eigenvalue weighted by atomic mass is 15.1. The largest absolute Gasteiger partial charge is 0.372 e. The molecular weight excluding hydrogens is 288 g/mol. The second kappa shape index (κ2) is 7.97. The van der Waals surface area contributed by atoms with E-state index in [2.05, 4.69) is 30.2 Å². The molecule has 0 saturated carbocycles. The molecule has 1 aliphatic rings. The van der Waals surface area contributed by atoms with Gasteiger partial charge in [0.05, 0.1) is 18.1 Å². The second-order valence-electron chi connectivity index (χ2n) is 6.17. The summed E-state index contributed by atoms with van der Waals surface area (Å²) in [6, 6.07) is 0. The monoisotopic (exact) mass is 312 g/mol. The third kappa shape index (κ3) is 4.69. The van der Waals surface area contributed by atoms with E-state index in [1.807, 2.05) is 31.8 Å². The smallest absolute Gasteiger partial charge is 0.144 e. The van der Waals surface area contributed by atoms with Crippen LogP contribution in [-0.4, -0.2) is 45.0 Å². The molecule has 1 aliphatic heterocycles. The van der Waals surface area contributed by atoms with Crippen molar-refractivity contribution in [2.75, 3.05) is 25.5 Å². The molecule has 6 heteroatoms. The first-order chi connectivity index (χ1) is 11.3. The van der Waals surface area contributed by atoms with Gasteiger partial charge >= 0.3 is 0 Å². The van der Waals surface area contributed by atoms with E-state index in [4.69, 9.17) is 0 Å². The Labute approximate surface area is 137 Å². The van der Waals surface area contributed by atoms with E-state index in [0.29, 0.717) is 5.92 Å². The average Bonchev–Trinajstić information content (AvgIpc) is 2.82. The molecule has 23 heavy (non-hydrogen) atoms. The van der Waals surface area contributed by atoms with Gasteiger partial charge in [0, 0.05) is 31.5 Å². The molecule has 2 aromatic rings. The zero-order valence-electron chi connectivity index (χ0n) is 13.6. The van der Waals surface area contributed by atoms with Crippen molar-refractivity contribution in [3.05, 3.63) is 42.4 Å². The van der Waals surface area contributed by atoms with E-state index in [1.54, 1.807) is 6.33 Å². The van der Waals surface area contributed by atoms with Crippen molar-refractivity contribution in [3.63, 3.8) is 0 Å². The van der Waals surface area contributed by atoms with Crippen molar-refractivity contribution in [3.8, 4) is 0 Å². The molecule has 122 valence electrons. The Morgan fingerprint density at radius 3 is 2.70 bits per heavy atom. The van der Waals surface area contributed by atoms with E-state index in [1.165, 1.54) is 24.8 Å². The maximum Gasteiger partial charge on any atom is 0.144 e. The molecule has 2 aromatic heterocycles. The fourth-order valence-electron chi connectivity index (χ4n) is 3.14. The number of anilines is 1. The fraction of sp³-hybridized carbons (Fsp3) is 0.529. The van der Waals surface area contributed by atoms with Crippen LogP contribution in [-0.2, 0) is 13.0 Å². The van der Waals surface area contributed by atoms with Crippen LogP contribution in [0.1, 0.15) is 30.5 Å². The van der Waals surface area contributed by atoms with Crippen molar-refractivity contribution in [2.45, 2.75) is 32.2 Å². The van der Waals surface area contributed by atoms with Crippen molar-refractivity contribution in [2.24, 2.45) is 5.92 Å². The number of hydrogen-bond donors (Lipinski definition) is 1. The first kappa shape index (κ1) is 15.8. The molecule has 1 unspecified atom stereocenters. The van der Waals surface area contributed by atoms with Crippen LogP contribution >= 0.6 is 0 Å². The van der Waals surface area contributed by atoms with Crippen LogP contribution in [0.4, 0.5) is 5.82 Å². The highest BCUT2D eigenvalue weighted by molar-refractivity contribution is 5.29. The van der Waals surface area contributed by atoms with Gasteiger partial charge in [0.25, 0.3) is 0 Å². The van der Waals surface area contributed by atoms with Crippen LogP contribution in [0.15, 0.2) is 31.1 Å². The molecular formula is C17H24N6. The summed E-state index contributed by atoms with van der Waals surface area (Å²) in [5.74, 6) is 1.52. The Morgan fingerprint density at radius 1 is 1.09 bits per heavy atom. The van der Waals surface area contributed by atoms with Gasteiger partial charge in [0.2, 0.25) is 0 Å². The number of rotatable bonds is 5. The van der Waals surface area contributed by atoms with E-state index in [-0.39, 0.29) is 0 Å². The van der Waals surface area contributed by atoms with Crippen molar-refractivity contribution in [1.29, 1.82) is 0 Å². The summed E-state index contributed by atoms with van der Waals surface area (Å²) in [6.07, 6.45) is 13.9. The Balaban J connectivity index is 1.51. The summed E-state index contributed by atoms with van der Waals surface area (Å²) in [5, 5.41) is 3.01. The molecule has 3 heterocycles. The standard InChI is InChI=1S/C17H24N6/c1-18-17-11-21-16(10-22-17)7-14-3-2-5-23(6-4-14)12-15-8-19-13-20-9-15/h8-11,13-14H,2-7,12H2,1H3,(H,18,22). The van der Waals surface area contributed by atoms with Gasteiger partial charge in [-0.2, -0.15) is 0 Å². The topological polar surface area (TPSA) is 66.8 Å². The quantitative estimate of drug-likeness (QED) is 0.912. The summed E-state index contributed by atoms with van der Waals surface area (Å²) in [4.78, 5) is 19.6. The highest BCUT2D eigenvalue weighted by Gasteiger charge is 2.18. The third-order valence-electron chi connectivity index (χ3n) is 4.42. The molecule has 0 spiro atoms. The van der Waals surface area contributed by atoms with Gasteiger partial charge in [0.1, 0.15) is 12.1 Å². The molecule has 0 bridgehead atoms. The van der Waals surface area contributed by atoms with Gasteiger partial charge in [-0.1, -0.05) is 0 Å². The summed E-state index contributed by atoms with van der Waals surface area (Å²) < 4.78 is 0. The van der Waals surface area contributed by atoms with Gasteiger partial charge in [-0.25, -0.2) is 15.0 Å². The number of nitrogens with one attached hydrogen (secondary N) is 1. The summed E-state index contributed by atoms with van der Waals surface area (Å²) >= 11 is 0. The molecule has 1 atom stereocenters. The normalized spacial score (nSPS) is 19.3. The highest BCUT2D eigenvalue weighted by Crippen LogP contribution is 2.22. The van der Waals surface area contributed by atoms with Crippen LogP contribution in [0, 0.1) is 5.92 Å². The van der Waals surface area contributed by atoms with Crippen LogP contribution in [0.2, 0.25) is 0 Å². The Hall–Kier alpha value is -2.08. The van der Waals surface area contributed by atoms with Gasteiger partial charge in [-0.15, -0.1) is 0 Å². The second-order valence-corrected chi connectivity index (χ2v) is 6.17. The lowest BCUT2D eigenvalue weighted by atomic mass is 9.95. The molecule has 1 saturated heterocycles. The van der Waals surface area contributed by atoms with Gasteiger partial charge in [0.15, 0.2) is 0 Å². The number of hydrogen-bond acceptors (Lipinski definition) is 6. The van der Waals surface area contributed by atoms with E-state index < -0.39 is 0 Å². The minimum atomic E-state index is 0.696. The van der Waals surface area contributed by atoms with Crippen LogP contribution < -0.4 is 5.32 Å². The van der Waals surface area contributed by atoms with E-state index in [9.17, 15) is 0 Å². The van der Waals surface area contributed by atoms with E-state index in [0.717, 1.165) is 37.6 Å². The van der Waals surface area contributed by atoms with Crippen molar-refractivity contribution >= 4 is 5.82 Å². The van der Waals surface area contributed by atoms with Gasteiger partial charge in [-0.05, 0) is 44.7 Å². The fourth-order valence-corrected chi connectivity index (χ4v) is 3.14. The number of aromatic nitrogens is 4. The summed E-state index contributed by atoms with van der Waals surface area (Å²) in [7, 11) is 1.86. The lowest BCUT2D eigenvalue weighted by Crippen LogP contribution is -2.24. The van der Waals surface area contributed by atoms with Crippen molar-refractivity contribution in [1.82, 2.24) is 24.8 Å². The van der Waals surface area contributed by atoms with Crippen LogP contribution in [0.3, 0.4) is 0 Å². The summed E-state index contributed by atoms with van der Waals surface area (Å²) in [6.45, 7) is 3.22. The zero-order chi connectivity index (χ0) is 15.9. The number of nitrogens with zero attached hydrogens (tertiary/aromatic N) is 5. The van der Waals surface area contributed by atoms with Gasteiger partial charge < -0.3 is 5.32 Å². The average molecular weight is 312 g/mol. The molecule has 1 fully saturated rings. The van der Waals surface area contributed by atoms with Gasteiger partial charge in [-0.3, -0.25) is 9.88 Å². The SMILES string of the molecule is CNc1cnc(CC2CCCN(Cc3cncnc3)CC2)cn1. The lowest BCUT2D eigenvalue weighted by molar-refractivity contribution is 0.271. The molecule has 0 radical (unpaired) electrons. The predicted octanol–water partition coefficient (Wildman–Crippen LogP) is 2.15. The first-order valence-electron chi connectivity index (χ1n) is 8.28. The molecule has 0 aliphatic carbocycles. The minimum absolute atomic E-state index is 0.696. The third-order valence-corrected chi connectivity index (χ3v) is 4.42. The molecule has 0 aromatic carbocycles. The summed E-state index contributed by atoms with van der Waals surface area (Å²) in [5.41, 5.74) is 2.29. The van der Waals surface area contributed by atoms with E-state index >= 15 is 0 Å². The van der Waals surface area contributed by atoms with Crippen LogP contribution in [0.25, 0.3) is 0 Å². The Kier molecular flexibility index (Phi) is 5.47. The maximum atomic E-state index is 4.51. The van der Waals surface area contributed by atoms with Crippen LogP contribution in [0.5, 0.6) is 0 Å². The minimum Gasteiger partial charge on any atom is -0.372 e. The molecule has 6 nitrogen and oxygen atoms in total. The lowest BCUT2D eigenvalue weighted by Gasteiger charge is -2.19. The first-order valence-corrected chi connectivity index (χ1v) is 8.28. The molecule has 1 N–H and O–H groups in total. The Morgan fingerprint density at radius 2 is 1.96 bits per heavy atom. The zero-order valence-corrected chi connectivity index (χ0v) is 13.6. The maximum absolute atomic E-state index is 4.51. The molecule has 3 rings (SSSR count). The Bertz CT molecular complexity index is 586. The van der Waals surface area contributed by atoms with Crippen molar-refractivity contribution < 1.29 is 0 Å². The predicted molar refractivity (Wildman–Crippen MR) is 89.9 cm³/mol. The molecule has 0 amide bonds. The number of likely N-dealkylation sites (tertiary alicyclic amines) is 1.